The lowest BCUT2D eigenvalue weighted by molar-refractivity contribution is 0.626. The van der Waals surface area contributed by atoms with Gasteiger partial charge >= 0.3 is 0 Å². The van der Waals surface area contributed by atoms with Crippen molar-refractivity contribution in [1.82, 2.24) is 0 Å². The summed E-state index contributed by atoms with van der Waals surface area (Å²) in [5, 5.41) is 0. The molecular formula is C14H14FN. The maximum absolute atomic E-state index is 12.8. The largest absolute Gasteiger partial charge is 0.330 e. The number of benzene rings is 2. The van der Waals surface area contributed by atoms with E-state index in [-0.39, 0.29) is 11.7 Å². The highest BCUT2D eigenvalue weighted by atomic mass is 19.1. The standard InChI is InChI=1S/C14H14FN/c15-13-8-6-12(7-9-13)14(10-16)11-4-2-1-3-5-11/h1-9,14H,10,16H2/t14-/m0/s1. The maximum atomic E-state index is 12.8. The molecule has 0 heterocycles. The highest BCUT2D eigenvalue weighted by molar-refractivity contribution is 5.32. The minimum atomic E-state index is -0.215. The van der Waals surface area contributed by atoms with E-state index in [0.717, 1.165) is 11.1 Å². The first-order chi connectivity index (χ1) is 7.81. The lowest BCUT2D eigenvalue weighted by Crippen LogP contribution is -2.13. The lowest BCUT2D eigenvalue weighted by atomic mass is 9.91. The Balaban J connectivity index is 2.33. The topological polar surface area (TPSA) is 26.0 Å². The second kappa shape index (κ2) is 4.90. The number of hydrogen-bond donors (Lipinski definition) is 1. The Labute approximate surface area is 94.7 Å². The van der Waals surface area contributed by atoms with Gasteiger partial charge in [-0.05, 0) is 23.3 Å². The molecule has 2 rings (SSSR count). The van der Waals surface area contributed by atoms with Crippen LogP contribution >= 0.6 is 0 Å². The number of rotatable bonds is 3. The average molecular weight is 215 g/mol. The van der Waals surface area contributed by atoms with Crippen molar-refractivity contribution in [2.24, 2.45) is 5.73 Å². The molecule has 0 unspecified atom stereocenters. The molecule has 0 aliphatic carbocycles. The molecule has 0 fully saturated rings. The molecule has 82 valence electrons. The van der Waals surface area contributed by atoms with Gasteiger partial charge in [-0.2, -0.15) is 0 Å². The van der Waals surface area contributed by atoms with Crippen LogP contribution in [0.2, 0.25) is 0 Å². The van der Waals surface area contributed by atoms with Crippen LogP contribution in [0.25, 0.3) is 0 Å². The van der Waals surface area contributed by atoms with Crippen molar-refractivity contribution >= 4 is 0 Å². The van der Waals surface area contributed by atoms with Gasteiger partial charge < -0.3 is 5.73 Å². The highest BCUT2D eigenvalue weighted by Crippen LogP contribution is 2.23. The van der Waals surface area contributed by atoms with Crippen LogP contribution in [0.4, 0.5) is 4.39 Å². The Hall–Kier alpha value is -1.67. The summed E-state index contributed by atoms with van der Waals surface area (Å²) in [5.74, 6) is -0.0746. The van der Waals surface area contributed by atoms with Crippen LogP contribution < -0.4 is 5.73 Å². The van der Waals surface area contributed by atoms with Gasteiger partial charge in [-0.15, -0.1) is 0 Å². The number of halogens is 1. The Bertz CT molecular complexity index is 436. The Morgan fingerprint density at radius 1 is 0.875 bits per heavy atom. The molecule has 0 aliphatic rings. The van der Waals surface area contributed by atoms with Crippen molar-refractivity contribution in [2.75, 3.05) is 6.54 Å². The predicted octanol–water partition coefficient (Wildman–Crippen LogP) is 2.92. The predicted molar refractivity (Wildman–Crippen MR) is 63.7 cm³/mol. The van der Waals surface area contributed by atoms with Crippen molar-refractivity contribution in [3.63, 3.8) is 0 Å². The molecule has 2 aromatic rings. The summed E-state index contributed by atoms with van der Waals surface area (Å²) < 4.78 is 12.8. The molecule has 16 heavy (non-hydrogen) atoms. The first kappa shape index (κ1) is 10.8. The molecule has 0 bridgehead atoms. The molecule has 0 saturated carbocycles. The molecule has 2 aromatic carbocycles. The number of nitrogens with two attached hydrogens (primary N) is 1. The molecule has 0 aliphatic heterocycles. The van der Waals surface area contributed by atoms with Gasteiger partial charge in [0, 0.05) is 12.5 Å². The summed E-state index contributed by atoms with van der Waals surface area (Å²) in [5.41, 5.74) is 8.00. The summed E-state index contributed by atoms with van der Waals surface area (Å²) in [4.78, 5) is 0. The minimum Gasteiger partial charge on any atom is -0.330 e. The van der Waals surface area contributed by atoms with E-state index in [1.807, 2.05) is 30.3 Å². The molecule has 0 saturated heterocycles. The zero-order valence-corrected chi connectivity index (χ0v) is 8.94. The van der Waals surface area contributed by atoms with E-state index in [1.54, 1.807) is 12.1 Å². The van der Waals surface area contributed by atoms with Crippen LogP contribution in [0, 0.1) is 5.82 Å². The summed E-state index contributed by atoms with van der Waals surface area (Å²) in [6, 6.07) is 16.6. The van der Waals surface area contributed by atoms with Crippen molar-refractivity contribution in [3.05, 3.63) is 71.5 Å². The van der Waals surface area contributed by atoms with Gasteiger partial charge in [-0.3, -0.25) is 0 Å². The Morgan fingerprint density at radius 3 is 2.00 bits per heavy atom. The minimum absolute atomic E-state index is 0.141. The fourth-order valence-corrected chi connectivity index (χ4v) is 1.85. The Morgan fingerprint density at radius 2 is 1.44 bits per heavy atom. The Kier molecular flexibility index (Phi) is 3.32. The molecule has 2 N–H and O–H groups in total. The van der Waals surface area contributed by atoms with Crippen molar-refractivity contribution in [2.45, 2.75) is 5.92 Å². The van der Waals surface area contributed by atoms with Gasteiger partial charge in [-0.25, -0.2) is 4.39 Å². The average Bonchev–Trinajstić information content (AvgIpc) is 2.34. The van der Waals surface area contributed by atoms with Gasteiger partial charge in [0.15, 0.2) is 0 Å². The molecule has 1 atom stereocenters. The van der Waals surface area contributed by atoms with E-state index >= 15 is 0 Å². The van der Waals surface area contributed by atoms with E-state index in [4.69, 9.17) is 5.73 Å². The van der Waals surface area contributed by atoms with Gasteiger partial charge in [0.25, 0.3) is 0 Å². The molecule has 0 radical (unpaired) electrons. The monoisotopic (exact) mass is 215 g/mol. The van der Waals surface area contributed by atoms with Gasteiger partial charge in [0.05, 0.1) is 0 Å². The second-order valence-electron chi connectivity index (χ2n) is 3.75. The van der Waals surface area contributed by atoms with Gasteiger partial charge in [-0.1, -0.05) is 42.5 Å². The SMILES string of the molecule is NC[C@@H](c1ccccc1)c1ccc(F)cc1. The summed E-state index contributed by atoms with van der Waals surface area (Å²) in [7, 11) is 0. The zero-order chi connectivity index (χ0) is 11.4. The normalized spacial score (nSPS) is 12.4. The molecule has 0 amide bonds. The first-order valence-corrected chi connectivity index (χ1v) is 5.31. The second-order valence-corrected chi connectivity index (χ2v) is 3.75. The first-order valence-electron chi connectivity index (χ1n) is 5.31. The van der Waals surface area contributed by atoms with Crippen molar-refractivity contribution < 1.29 is 4.39 Å². The van der Waals surface area contributed by atoms with E-state index in [1.165, 1.54) is 12.1 Å². The van der Waals surface area contributed by atoms with E-state index in [0.29, 0.717) is 6.54 Å². The van der Waals surface area contributed by atoms with E-state index < -0.39 is 0 Å². The molecule has 0 spiro atoms. The van der Waals surface area contributed by atoms with Crippen LogP contribution in [0.5, 0.6) is 0 Å². The zero-order valence-electron chi connectivity index (χ0n) is 8.94. The third kappa shape index (κ3) is 2.28. The number of hydrogen-bond acceptors (Lipinski definition) is 1. The smallest absolute Gasteiger partial charge is 0.123 e. The summed E-state index contributed by atoms with van der Waals surface area (Å²) in [6.07, 6.45) is 0. The van der Waals surface area contributed by atoms with Crippen molar-refractivity contribution in [1.29, 1.82) is 0 Å². The van der Waals surface area contributed by atoms with E-state index in [9.17, 15) is 4.39 Å². The van der Waals surface area contributed by atoms with Crippen LogP contribution in [0.15, 0.2) is 54.6 Å². The molecule has 0 aromatic heterocycles. The fourth-order valence-electron chi connectivity index (χ4n) is 1.85. The van der Waals surface area contributed by atoms with Crippen LogP contribution in [-0.4, -0.2) is 6.54 Å². The van der Waals surface area contributed by atoms with Gasteiger partial charge in [0.1, 0.15) is 5.82 Å². The van der Waals surface area contributed by atoms with E-state index in [2.05, 4.69) is 0 Å². The quantitative estimate of drug-likeness (QED) is 0.837. The summed E-state index contributed by atoms with van der Waals surface area (Å²) >= 11 is 0. The maximum Gasteiger partial charge on any atom is 0.123 e. The lowest BCUT2D eigenvalue weighted by Gasteiger charge is -2.15. The highest BCUT2D eigenvalue weighted by Gasteiger charge is 2.11. The molecule has 1 nitrogen and oxygen atoms in total. The van der Waals surface area contributed by atoms with Crippen LogP contribution in [0.1, 0.15) is 17.0 Å². The van der Waals surface area contributed by atoms with Crippen molar-refractivity contribution in [3.8, 4) is 0 Å². The molecular weight excluding hydrogens is 201 g/mol. The third-order valence-electron chi connectivity index (χ3n) is 2.71. The fraction of sp³-hybridized carbons (Fsp3) is 0.143. The van der Waals surface area contributed by atoms with Gasteiger partial charge in [0.2, 0.25) is 0 Å². The van der Waals surface area contributed by atoms with Crippen LogP contribution in [-0.2, 0) is 0 Å². The molecule has 2 heteroatoms. The van der Waals surface area contributed by atoms with Crippen LogP contribution in [0.3, 0.4) is 0 Å². The summed E-state index contributed by atoms with van der Waals surface area (Å²) in [6.45, 7) is 0.523. The third-order valence-corrected chi connectivity index (χ3v) is 2.71.